The minimum atomic E-state index is -0.489. The van der Waals surface area contributed by atoms with E-state index in [4.69, 9.17) is 13.3 Å². The molecule has 2 unspecified atom stereocenters. The molecule has 74 heavy (non-hydrogen) atoms. The van der Waals surface area contributed by atoms with Crippen LogP contribution in [-0.2, 0) is 6.42 Å². The Kier molecular flexibility index (Phi) is 12.0. The van der Waals surface area contributed by atoms with Gasteiger partial charge in [0.1, 0.15) is 17.1 Å². The van der Waals surface area contributed by atoms with Gasteiger partial charge in [-0.1, -0.05) is 185 Å². The summed E-state index contributed by atoms with van der Waals surface area (Å²) >= 11 is 0. The zero-order valence-electron chi connectivity index (χ0n) is 44.1. The summed E-state index contributed by atoms with van der Waals surface area (Å²) in [6.45, 7) is 10.8. The second kappa shape index (κ2) is 19.1. The maximum absolute atomic E-state index is 7.55. The zero-order valence-corrected chi connectivity index (χ0v) is 44.1. The summed E-state index contributed by atoms with van der Waals surface area (Å²) in [5, 5.41) is 6.91. The normalized spacial score (nSPS) is 20.0. The van der Waals surface area contributed by atoms with Gasteiger partial charge in [-0.25, -0.2) is 0 Å². The van der Waals surface area contributed by atoms with E-state index in [2.05, 4.69) is 176 Å². The van der Waals surface area contributed by atoms with Crippen LogP contribution in [0.15, 0.2) is 152 Å². The molecule has 374 valence electrons. The van der Waals surface area contributed by atoms with Crippen LogP contribution in [0.25, 0.3) is 66.8 Å². The van der Waals surface area contributed by atoms with Crippen LogP contribution in [0.5, 0.6) is 0 Å². The van der Waals surface area contributed by atoms with Crippen LogP contribution in [0, 0.1) is 12.8 Å². The molecular formula is C69H70N2O3. The van der Waals surface area contributed by atoms with E-state index in [9.17, 15) is 0 Å². The Bertz CT molecular complexity index is 3730. The molecule has 3 aromatic heterocycles. The Balaban J connectivity index is 0.00000261. The van der Waals surface area contributed by atoms with E-state index in [0.29, 0.717) is 17.8 Å². The third-order valence-electron chi connectivity index (χ3n) is 17.6. The van der Waals surface area contributed by atoms with Gasteiger partial charge in [0.25, 0.3) is 0 Å². The fraction of sp³-hybridized carbons (Fsp3) is 0.333. The van der Waals surface area contributed by atoms with E-state index in [1.54, 1.807) is 0 Å². The number of hydrogen-bond donors (Lipinski definition) is 0. The molecule has 5 aliphatic rings. The van der Waals surface area contributed by atoms with Crippen molar-refractivity contribution in [2.24, 2.45) is 5.92 Å². The smallest absolute Gasteiger partial charge is 0.161 e. The van der Waals surface area contributed by atoms with E-state index in [1.807, 2.05) is 13.8 Å². The minimum absolute atomic E-state index is 0.395. The number of anilines is 5. The first-order chi connectivity index (χ1) is 36.4. The summed E-state index contributed by atoms with van der Waals surface area (Å²) in [6.07, 6.45) is 33.0. The Hall–Kier alpha value is -6.98. The maximum Gasteiger partial charge on any atom is 0.161 e. The molecule has 0 bridgehead atoms. The van der Waals surface area contributed by atoms with Crippen LogP contribution in [0.4, 0.5) is 28.4 Å². The van der Waals surface area contributed by atoms with Gasteiger partial charge in [-0.05, 0) is 107 Å². The number of rotatable bonds is 8. The average molecular weight is 975 g/mol. The van der Waals surface area contributed by atoms with Crippen molar-refractivity contribution in [2.45, 2.75) is 142 Å². The van der Waals surface area contributed by atoms with Crippen molar-refractivity contribution in [1.82, 2.24) is 0 Å². The van der Waals surface area contributed by atoms with Crippen molar-refractivity contribution < 1.29 is 13.3 Å². The van der Waals surface area contributed by atoms with Crippen LogP contribution in [0.2, 0.25) is 0 Å². The van der Waals surface area contributed by atoms with E-state index >= 15 is 0 Å². The first-order valence-electron chi connectivity index (χ1n) is 28.3. The highest BCUT2D eigenvalue weighted by Crippen LogP contribution is 2.57. The quantitative estimate of drug-likeness (QED) is 0.142. The van der Waals surface area contributed by atoms with Gasteiger partial charge in [-0.2, -0.15) is 0 Å². The fourth-order valence-electron chi connectivity index (χ4n) is 13.9. The number of fused-ring (bicyclic) bond motifs is 10. The second-order valence-corrected chi connectivity index (χ2v) is 22.2. The van der Waals surface area contributed by atoms with Gasteiger partial charge in [0.2, 0.25) is 0 Å². The molecule has 0 amide bonds. The van der Waals surface area contributed by atoms with Crippen molar-refractivity contribution in [3.05, 3.63) is 173 Å². The first kappa shape index (κ1) is 46.8. The molecule has 3 heterocycles. The van der Waals surface area contributed by atoms with Crippen LogP contribution in [0.3, 0.4) is 0 Å². The predicted octanol–water partition coefficient (Wildman–Crippen LogP) is 20.9. The van der Waals surface area contributed by atoms with Crippen molar-refractivity contribution in [2.75, 3.05) is 9.80 Å². The number of hydrogen-bond acceptors (Lipinski definition) is 5. The van der Waals surface area contributed by atoms with E-state index in [0.717, 1.165) is 109 Å². The standard InChI is InChI=1S/C67H64N2O3.C2H6/c1-42-34-36-46(37-35-42)68(56-31-16-29-53-51-27-14-25-47(62(51)71-64(53)56)44-18-6-4-7-19-44)60-49-22-10-11-23-50(49)61(66-59(60)55-24-12-13-33-58(55)70-66)69(67(3)40-38-43(2)39-41-67)57-32-17-30-54-52-28-15-26-48(63(52)72-65(54)57)45-20-8-5-9-21-45;1-2/h10-12,14-17,22-24,26-32,34-40,44-45,47H,4-9,13,18-21,25,33,41H2,1-3H3;1-2H3. The lowest BCUT2D eigenvalue weighted by atomic mass is 9.75. The van der Waals surface area contributed by atoms with Crippen molar-refractivity contribution in [3.63, 3.8) is 0 Å². The molecule has 5 aliphatic carbocycles. The van der Waals surface area contributed by atoms with Gasteiger partial charge in [0.05, 0.1) is 33.7 Å². The van der Waals surface area contributed by atoms with Gasteiger partial charge in [0.15, 0.2) is 16.7 Å². The highest BCUT2D eigenvalue weighted by molar-refractivity contribution is 6.25. The summed E-state index contributed by atoms with van der Waals surface area (Å²) < 4.78 is 22.4. The molecule has 9 aromatic rings. The fourth-order valence-corrected chi connectivity index (χ4v) is 13.9. The average Bonchev–Trinajstić information content (AvgIpc) is 4.16. The van der Waals surface area contributed by atoms with E-state index in [-0.39, 0.29) is 0 Å². The lowest BCUT2D eigenvalue weighted by molar-refractivity contribution is 0.279. The molecule has 6 aromatic carbocycles. The molecule has 2 saturated carbocycles. The summed E-state index contributed by atoms with van der Waals surface area (Å²) in [6, 6.07) is 38.6. The van der Waals surface area contributed by atoms with E-state index in [1.165, 1.54) is 103 Å². The highest BCUT2D eigenvalue weighted by Gasteiger charge is 2.40. The highest BCUT2D eigenvalue weighted by atomic mass is 16.3. The Morgan fingerprint density at radius 2 is 1.23 bits per heavy atom. The summed E-state index contributed by atoms with van der Waals surface area (Å²) in [5.74, 6) is 3.75. The molecular weight excluding hydrogens is 905 g/mol. The molecule has 5 heteroatoms. The molecule has 0 radical (unpaired) electrons. The first-order valence-corrected chi connectivity index (χ1v) is 28.3. The lowest BCUT2D eigenvalue weighted by Gasteiger charge is -2.43. The van der Waals surface area contributed by atoms with Crippen LogP contribution >= 0.6 is 0 Å². The van der Waals surface area contributed by atoms with E-state index < -0.39 is 5.54 Å². The molecule has 0 saturated heterocycles. The largest absolute Gasteiger partial charge is 0.458 e. The van der Waals surface area contributed by atoms with Crippen LogP contribution < -0.4 is 9.80 Å². The molecule has 0 aliphatic heterocycles. The summed E-state index contributed by atoms with van der Waals surface area (Å²) in [4.78, 5) is 5.11. The molecule has 14 rings (SSSR count). The van der Waals surface area contributed by atoms with Crippen LogP contribution in [-0.4, -0.2) is 5.54 Å². The van der Waals surface area contributed by atoms with Crippen molar-refractivity contribution >= 4 is 95.2 Å². The number of aryl methyl sites for hydroxylation is 2. The number of benzene rings is 6. The third-order valence-corrected chi connectivity index (χ3v) is 17.6. The van der Waals surface area contributed by atoms with Gasteiger partial charge in [-0.3, -0.25) is 0 Å². The van der Waals surface area contributed by atoms with Crippen LogP contribution in [0.1, 0.15) is 157 Å². The van der Waals surface area contributed by atoms with Gasteiger partial charge < -0.3 is 23.1 Å². The minimum Gasteiger partial charge on any atom is -0.458 e. The van der Waals surface area contributed by atoms with Gasteiger partial charge in [0, 0.05) is 56.1 Å². The number of allylic oxidation sites excluding steroid dienone is 4. The maximum atomic E-state index is 7.55. The number of para-hydroxylation sites is 3. The monoisotopic (exact) mass is 975 g/mol. The Morgan fingerprint density at radius 1 is 0.568 bits per heavy atom. The third kappa shape index (κ3) is 7.62. The topological polar surface area (TPSA) is 45.9 Å². The van der Waals surface area contributed by atoms with Crippen molar-refractivity contribution in [3.8, 4) is 0 Å². The molecule has 2 atom stereocenters. The predicted molar refractivity (Wildman–Crippen MR) is 312 cm³/mol. The Morgan fingerprint density at radius 3 is 1.99 bits per heavy atom. The molecule has 2 fully saturated rings. The second-order valence-electron chi connectivity index (χ2n) is 22.2. The summed E-state index contributed by atoms with van der Waals surface area (Å²) in [5.41, 5.74) is 14.9. The number of furan rings is 3. The van der Waals surface area contributed by atoms with Crippen molar-refractivity contribution in [1.29, 1.82) is 0 Å². The van der Waals surface area contributed by atoms with Gasteiger partial charge in [-0.15, -0.1) is 0 Å². The lowest BCUT2D eigenvalue weighted by Crippen LogP contribution is -2.42. The molecule has 5 nitrogen and oxygen atoms in total. The molecule has 0 spiro atoms. The SMILES string of the molecule is CC.CC1=CCC(C)(N(c2c3ccccc3c(N(c3ccc(C)cc3)c3cccc4c5c(oc34)C(C3CCCCC3)CC=C5)c3c4c(oc23)CCC=C4)c2cccc3c2oc2c(C4CCCCC4)cccc23)C=C1. The Labute approximate surface area is 436 Å². The van der Waals surface area contributed by atoms with Gasteiger partial charge >= 0.3 is 0 Å². The zero-order chi connectivity index (χ0) is 50.1. The summed E-state index contributed by atoms with van der Waals surface area (Å²) in [7, 11) is 0. The molecule has 0 N–H and O–H groups in total. The number of nitrogens with zero attached hydrogens (tertiary/aromatic N) is 2.